The van der Waals surface area contributed by atoms with Gasteiger partial charge in [0.25, 0.3) is 0 Å². The molecule has 1 amide bonds. The van der Waals surface area contributed by atoms with Crippen LogP contribution in [0.5, 0.6) is 0 Å². The Labute approximate surface area is 210 Å². The van der Waals surface area contributed by atoms with Crippen LogP contribution < -0.4 is 5.32 Å². The lowest BCUT2D eigenvalue weighted by atomic mass is 9.89. The molecule has 0 bridgehead atoms. The number of aliphatic carboxylic acids is 1. The maximum Gasteiger partial charge on any atom is 0.303 e. The zero-order chi connectivity index (χ0) is 24.9. The Kier molecular flexibility index (Phi) is 7.63. The van der Waals surface area contributed by atoms with Gasteiger partial charge in [-0.3, -0.25) is 14.6 Å². The van der Waals surface area contributed by atoms with Crippen molar-refractivity contribution in [1.29, 1.82) is 0 Å². The maximum atomic E-state index is 13.1. The molecule has 2 N–H and O–H groups in total. The SMILES string of the molecule is CN(C)CCc1ccc(N=C(c2cccc(CCC(=O)O)c2)C2C(=O)Nc3cc(Cl)ccc32)cc1. The van der Waals surface area contributed by atoms with Crippen molar-refractivity contribution in [1.82, 2.24) is 4.90 Å². The van der Waals surface area contributed by atoms with E-state index in [2.05, 4.69) is 22.3 Å². The molecule has 7 heteroatoms. The molecule has 1 aliphatic rings. The molecule has 1 unspecified atom stereocenters. The number of halogens is 1. The Balaban J connectivity index is 1.74. The van der Waals surface area contributed by atoms with Gasteiger partial charge in [-0.25, -0.2) is 0 Å². The maximum absolute atomic E-state index is 13.1. The average molecular weight is 490 g/mol. The Hall–Kier alpha value is -3.48. The molecule has 1 atom stereocenters. The number of benzene rings is 3. The molecule has 0 radical (unpaired) electrons. The molecule has 4 rings (SSSR count). The van der Waals surface area contributed by atoms with E-state index in [1.54, 1.807) is 12.1 Å². The first-order valence-corrected chi connectivity index (χ1v) is 11.9. The van der Waals surface area contributed by atoms with Crippen LogP contribution >= 0.6 is 11.6 Å². The zero-order valence-corrected chi connectivity index (χ0v) is 20.5. The topological polar surface area (TPSA) is 82.0 Å². The van der Waals surface area contributed by atoms with Crippen molar-refractivity contribution in [2.75, 3.05) is 26.0 Å². The van der Waals surface area contributed by atoms with E-state index in [0.717, 1.165) is 35.3 Å². The van der Waals surface area contributed by atoms with E-state index < -0.39 is 11.9 Å². The van der Waals surface area contributed by atoms with Gasteiger partial charge >= 0.3 is 5.97 Å². The zero-order valence-electron chi connectivity index (χ0n) is 19.8. The third kappa shape index (κ3) is 6.15. The summed E-state index contributed by atoms with van der Waals surface area (Å²) in [5, 5.41) is 12.6. The van der Waals surface area contributed by atoms with E-state index in [1.165, 1.54) is 5.56 Å². The van der Waals surface area contributed by atoms with Gasteiger partial charge in [0.05, 0.1) is 11.4 Å². The molecule has 3 aromatic rings. The van der Waals surface area contributed by atoms with E-state index in [9.17, 15) is 9.59 Å². The van der Waals surface area contributed by atoms with Crippen molar-refractivity contribution in [2.45, 2.75) is 25.2 Å². The molecule has 1 aliphatic heterocycles. The van der Waals surface area contributed by atoms with Crippen LogP contribution in [0.3, 0.4) is 0 Å². The summed E-state index contributed by atoms with van der Waals surface area (Å²) in [7, 11) is 4.10. The van der Waals surface area contributed by atoms with Crippen LogP contribution in [0.25, 0.3) is 0 Å². The van der Waals surface area contributed by atoms with Crippen molar-refractivity contribution in [3.8, 4) is 0 Å². The number of carbonyl (C=O) groups is 2. The van der Waals surface area contributed by atoms with Crippen LogP contribution in [0.2, 0.25) is 5.02 Å². The molecule has 0 fully saturated rings. The lowest BCUT2D eigenvalue weighted by Gasteiger charge is -2.15. The van der Waals surface area contributed by atoms with Crippen LogP contribution in [-0.4, -0.2) is 48.2 Å². The molecule has 0 saturated carbocycles. The quantitative estimate of drug-likeness (QED) is 0.399. The molecule has 0 spiro atoms. The molecule has 6 nitrogen and oxygen atoms in total. The molecular weight excluding hydrogens is 462 g/mol. The fourth-order valence-corrected chi connectivity index (χ4v) is 4.34. The Morgan fingerprint density at radius 1 is 1.03 bits per heavy atom. The normalized spacial score (nSPS) is 15.3. The van der Waals surface area contributed by atoms with Gasteiger partial charge in [0.1, 0.15) is 5.92 Å². The van der Waals surface area contributed by atoms with E-state index in [4.69, 9.17) is 21.7 Å². The van der Waals surface area contributed by atoms with Gasteiger partial charge in [0, 0.05) is 23.7 Å². The van der Waals surface area contributed by atoms with Gasteiger partial charge in [-0.1, -0.05) is 48.0 Å². The highest BCUT2D eigenvalue weighted by Crippen LogP contribution is 2.38. The Morgan fingerprint density at radius 3 is 2.51 bits per heavy atom. The van der Waals surface area contributed by atoms with E-state index in [-0.39, 0.29) is 12.3 Å². The fourth-order valence-electron chi connectivity index (χ4n) is 4.17. The van der Waals surface area contributed by atoms with Crippen molar-refractivity contribution in [3.05, 3.63) is 94.0 Å². The second kappa shape index (κ2) is 10.8. The first-order chi connectivity index (χ1) is 16.8. The molecule has 0 saturated heterocycles. The molecule has 0 aromatic heterocycles. The molecular formula is C28H28ClN3O3. The number of hydrogen-bond acceptors (Lipinski definition) is 4. The summed E-state index contributed by atoms with van der Waals surface area (Å²) in [6, 6.07) is 21.0. The summed E-state index contributed by atoms with van der Waals surface area (Å²) in [5.41, 5.74) is 5.74. The van der Waals surface area contributed by atoms with E-state index in [0.29, 0.717) is 22.8 Å². The van der Waals surface area contributed by atoms with Crippen LogP contribution in [-0.2, 0) is 22.4 Å². The number of nitrogens with zero attached hydrogens (tertiary/aromatic N) is 2. The number of amides is 1. The lowest BCUT2D eigenvalue weighted by molar-refractivity contribution is -0.137. The van der Waals surface area contributed by atoms with Gasteiger partial charge in [0.15, 0.2) is 0 Å². The molecule has 3 aromatic carbocycles. The predicted octanol–water partition coefficient (Wildman–Crippen LogP) is 5.32. The third-order valence-corrected chi connectivity index (χ3v) is 6.24. The summed E-state index contributed by atoms with van der Waals surface area (Å²) >= 11 is 6.15. The number of anilines is 1. The Morgan fingerprint density at radius 2 is 1.80 bits per heavy atom. The van der Waals surface area contributed by atoms with Crippen molar-refractivity contribution < 1.29 is 14.7 Å². The summed E-state index contributed by atoms with van der Waals surface area (Å²) in [6.07, 6.45) is 1.38. The van der Waals surface area contributed by atoms with Crippen molar-refractivity contribution >= 4 is 40.6 Å². The number of carboxylic acids is 1. The van der Waals surface area contributed by atoms with Crippen LogP contribution in [0.4, 0.5) is 11.4 Å². The highest BCUT2D eigenvalue weighted by molar-refractivity contribution is 6.31. The minimum Gasteiger partial charge on any atom is -0.481 e. The molecule has 35 heavy (non-hydrogen) atoms. The average Bonchev–Trinajstić information content (AvgIpc) is 3.15. The van der Waals surface area contributed by atoms with Gasteiger partial charge in [-0.2, -0.15) is 0 Å². The lowest BCUT2D eigenvalue weighted by Crippen LogP contribution is -2.22. The molecule has 1 heterocycles. The summed E-state index contributed by atoms with van der Waals surface area (Å²) in [6.45, 7) is 0.957. The first-order valence-electron chi connectivity index (χ1n) is 11.5. The highest BCUT2D eigenvalue weighted by atomic mass is 35.5. The summed E-state index contributed by atoms with van der Waals surface area (Å²) in [5.74, 6) is -1.62. The standard InChI is InChI=1S/C28H28ClN3O3/c1-32(2)15-14-18-6-10-22(11-7-18)30-27(20-5-3-4-19(16-20)8-13-25(33)34)26-23-12-9-21(29)17-24(23)31-28(26)35/h3-7,9-12,16-17,26H,8,13-15H2,1-2H3,(H,31,35)(H,33,34). The number of fused-ring (bicyclic) bond motifs is 1. The number of likely N-dealkylation sites (N-methyl/N-ethyl adjacent to an activating group) is 1. The smallest absolute Gasteiger partial charge is 0.303 e. The second-order valence-corrected chi connectivity index (χ2v) is 9.40. The van der Waals surface area contributed by atoms with Crippen LogP contribution in [0, 0.1) is 0 Å². The van der Waals surface area contributed by atoms with Crippen LogP contribution in [0.1, 0.15) is 34.6 Å². The van der Waals surface area contributed by atoms with Crippen molar-refractivity contribution in [2.24, 2.45) is 4.99 Å². The number of carboxylic acid groups (broad SMARTS) is 1. The van der Waals surface area contributed by atoms with E-state index in [1.807, 2.05) is 56.6 Å². The largest absolute Gasteiger partial charge is 0.481 e. The summed E-state index contributed by atoms with van der Waals surface area (Å²) < 4.78 is 0. The monoisotopic (exact) mass is 489 g/mol. The third-order valence-electron chi connectivity index (χ3n) is 6.00. The molecule has 180 valence electrons. The van der Waals surface area contributed by atoms with Gasteiger partial charge < -0.3 is 15.3 Å². The fraction of sp³-hybridized carbons (Fsp3) is 0.250. The van der Waals surface area contributed by atoms with E-state index >= 15 is 0 Å². The van der Waals surface area contributed by atoms with Gasteiger partial charge in [-0.05, 0) is 79.5 Å². The number of rotatable bonds is 9. The summed E-state index contributed by atoms with van der Waals surface area (Å²) in [4.78, 5) is 31.3. The number of hydrogen-bond donors (Lipinski definition) is 2. The predicted molar refractivity (Wildman–Crippen MR) is 140 cm³/mol. The number of aryl methyl sites for hydroxylation is 1. The Bertz CT molecular complexity index is 1270. The minimum absolute atomic E-state index is 0.0373. The number of carbonyl (C=O) groups excluding carboxylic acids is 1. The number of aliphatic imine (C=N–C) groups is 1. The molecule has 0 aliphatic carbocycles. The number of nitrogens with one attached hydrogen (secondary N) is 1. The van der Waals surface area contributed by atoms with Crippen LogP contribution in [0.15, 0.2) is 71.7 Å². The minimum atomic E-state index is -0.848. The van der Waals surface area contributed by atoms with Crippen molar-refractivity contribution in [3.63, 3.8) is 0 Å². The highest BCUT2D eigenvalue weighted by Gasteiger charge is 2.35. The van der Waals surface area contributed by atoms with Gasteiger partial charge in [0.2, 0.25) is 5.91 Å². The van der Waals surface area contributed by atoms with Gasteiger partial charge in [-0.15, -0.1) is 0 Å². The first kappa shape index (κ1) is 24.6. The second-order valence-electron chi connectivity index (χ2n) is 8.96.